The molecule has 158 valence electrons. The molecule has 0 aromatic heterocycles. The maximum atomic E-state index is 5.63. The van der Waals surface area contributed by atoms with Crippen LogP contribution in [0.1, 0.15) is 47.0 Å². The van der Waals surface area contributed by atoms with E-state index in [0.29, 0.717) is 16.6 Å². The Morgan fingerprint density at radius 2 is 0.731 bits per heavy atom. The van der Waals surface area contributed by atoms with E-state index in [-0.39, 0.29) is 5.41 Å². The Labute approximate surface area is 166 Å². The third kappa shape index (κ3) is 8.61. The number of hydrogen-bond acceptors (Lipinski definition) is 6. The van der Waals surface area contributed by atoms with Crippen molar-refractivity contribution >= 4 is 27.9 Å². The summed E-state index contributed by atoms with van der Waals surface area (Å²) in [4.78, 5) is 0. The van der Waals surface area contributed by atoms with Crippen molar-refractivity contribution in [3.63, 3.8) is 0 Å². The average Bonchev–Trinajstić information content (AvgIpc) is 2.57. The molecular weight excluding hydrogens is 384 g/mol. The van der Waals surface area contributed by atoms with E-state index in [9.17, 15) is 0 Å². The largest absolute Gasteiger partial charge is 0.400 e. The van der Waals surface area contributed by atoms with Crippen LogP contribution in [0.15, 0.2) is 0 Å². The number of hydrogen-bond donors (Lipinski definition) is 0. The fourth-order valence-corrected chi connectivity index (χ4v) is 10.2. The van der Waals surface area contributed by atoms with Crippen molar-refractivity contribution in [1.82, 2.24) is 0 Å². The third-order valence-electron chi connectivity index (χ3n) is 5.23. The monoisotopic (exact) mass is 426 g/mol. The molecule has 3 atom stereocenters. The molecule has 0 aromatic rings. The van der Waals surface area contributed by atoms with Crippen molar-refractivity contribution in [3.05, 3.63) is 0 Å². The molecule has 0 saturated carbocycles. The van der Waals surface area contributed by atoms with Crippen molar-refractivity contribution < 1.29 is 26.6 Å². The molecule has 0 amide bonds. The van der Waals surface area contributed by atoms with Crippen LogP contribution in [-0.2, 0) is 26.6 Å². The summed E-state index contributed by atoms with van der Waals surface area (Å²) in [6.45, 7) is 9.13. The molecule has 0 aliphatic carbocycles. The average molecular weight is 427 g/mol. The Morgan fingerprint density at radius 1 is 0.538 bits per heavy atom. The maximum absolute atomic E-state index is 5.63. The first kappa shape index (κ1) is 26.4. The minimum absolute atomic E-state index is 0.130. The summed E-state index contributed by atoms with van der Waals surface area (Å²) in [5.74, 6) is 0. The van der Waals surface area contributed by atoms with Gasteiger partial charge in [-0.2, -0.15) is 0 Å². The van der Waals surface area contributed by atoms with E-state index >= 15 is 0 Å². The van der Waals surface area contributed by atoms with Gasteiger partial charge in [0, 0.05) is 42.7 Å². The SMILES string of the molecule is CO[SiH](OC)C(C)CC(C)(CC(C)[SiH](OC)OC)CC(C)[SiH](OC)OC. The highest BCUT2D eigenvalue weighted by atomic mass is 28.3. The highest BCUT2D eigenvalue weighted by Crippen LogP contribution is 2.45. The molecule has 0 N–H and O–H groups in total. The fraction of sp³-hybridized carbons (Fsp3) is 1.00. The smallest absolute Gasteiger partial charge is 0.323 e. The molecule has 3 unspecified atom stereocenters. The van der Waals surface area contributed by atoms with Crippen LogP contribution in [-0.4, -0.2) is 70.5 Å². The molecule has 0 rings (SSSR count). The van der Waals surface area contributed by atoms with Crippen LogP contribution in [0.25, 0.3) is 0 Å². The van der Waals surface area contributed by atoms with Gasteiger partial charge in [-0.1, -0.05) is 27.7 Å². The molecule has 0 aromatic carbocycles. The van der Waals surface area contributed by atoms with Gasteiger partial charge in [0.2, 0.25) is 0 Å². The van der Waals surface area contributed by atoms with Gasteiger partial charge in [-0.25, -0.2) is 0 Å². The topological polar surface area (TPSA) is 55.4 Å². The van der Waals surface area contributed by atoms with E-state index in [0.717, 1.165) is 19.3 Å². The Kier molecular flexibility index (Phi) is 13.8. The Balaban J connectivity index is 5.35. The summed E-state index contributed by atoms with van der Waals surface area (Å²) < 4.78 is 33.8. The molecular formula is C17H42O6Si3. The molecule has 0 fully saturated rings. The minimum atomic E-state index is -1.66. The van der Waals surface area contributed by atoms with Gasteiger partial charge in [0.15, 0.2) is 0 Å². The molecule has 0 bridgehead atoms. The van der Waals surface area contributed by atoms with Crippen molar-refractivity contribution in [2.45, 2.75) is 63.6 Å². The predicted molar refractivity (Wildman–Crippen MR) is 114 cm³/mol. The lowest BCUT2D eigenvalue weighted by molar-refractivity contribution is 0.183. The Hall–Kier alpha value is 0.411. The second-order valence-corrected chi connectivity index (χ2v) is 16.3. The van der Waals surface area contributed by atoms with E-state index < -0.39 is 27.9 Å². The van der Waals surface area contributed by atoms with Crippen molar-refractivity contribution in [2.24, 2.45) is 5.41 Å². The summed E-state index contributed by atoms with van der Waals surface area (Å²) >= 11 is 0. The molecule has 6 nitrogen and oxygen atoms in total. The first-order valence-corrected chi connectivity index (χ1v) is 14.2. The van der Waals surface area contributed by atoms with Gasteiger partial charge in [-0.05, 0) is 41.3 Å². The zero-order valence-corrected chi connectivity index (χ0v) is 22.0. The normalized spacial score (nSPS) is 18.3. The molecule has 9 heteroatoms. The van der Waals surface area contributed by atoms with Crippen LogP contribution in [0.3, 0.4) is 0 Å². The first-order chi connectivity index (χ1) is 12.2. The molecule has 0 spiro atoms. The Bertz CT molecular complexity index is 301. The third-order valence-corrected chi connectivity index (χ3v) is 11.5. The lowest BCUT2D eigenvalue weighted by Gasteiger charge is -2.39. The molecule has 26 heavy (non-hydrogen) atoms. The lowest BCUT2D eigenvalue weighted by Crippen LogP contribution is -2.35. The van der Waals surface area contributed by atoms with Crippen LogP contribution in [0.5, 0.6) is 0 Å². The predicted octanol–water partition coefficient (Wildman–Crippen LogP) is 2.87. The first-order valence-electron chi connectivity index (χ1n) is 9.38. The number of rotatable bonds is 15. The van der Waals surface area contributed by atoms with Crippen molar-refractivity contribution in [2.75, 3.05) is 42.7 Å². The maximum Gasteiger partial charge on any atom is 0.323 e. The quantitative estimate of drug-likeness (QED) is 0.375. The summed E-state index contributed by atoms with van der Waals surface area (Å²) in [7, 11) is 5.59. The van der Waals surface area contributed by atoms with Gasteiger partial charge < -0.3 is 26.6 Å². The van der Waals surface area contributed by atoms with Crippen LogP contribution in [0.4, 0.5) is 0 Å². The van der Waals surface area contributed by atoms with Gasteiger partial charge >= 0.3 is 27.9 Å². The molecule has 0 radical (unpaired) electrons. The highest BCUT2D eigenvalue weighted by molar-refractivity contribution is 6.47. The zero-order valence-electron chi connectivity index (χ0n) is 18.5. The van der Waals surface area contributed by atoms with E-state index in [4.69, 9.17) is 26.6 Å². The summed E-state index contributed by atoms with van der Waals surface area (Å²) in [5, 5.41) is 0. The van der Waals surface area contributed by atoms with Gasteiger partial charge in [0.1, 0.15) is 0 Å². The summed E-state index contributed by atoms with van der Waals surface area (Å²) in [5.41, 5.74) is 1.39. The Morgan fingerprint density at radius 3 is 0.885 bits per heavy atom. The van der Waals surface area contributed by atoms with Crippen molar-refractivity contribution in [3.8, 4) is 0 Å². The summed E-state index contributed by atoms with van der Waals surface area (Å²) in [6, 6.07) is 0. The van der Waals surface area contributed by atoms with Crippen LogP contribution < -0.4 is 0 Å². The van der Waals surface area contributed by atoms with E-state index in [1.54, 1.807) is 42.7 Å². The van der Waals surface area contributed by atoms with Gasteiger partial charge in [0.05, 0.1) is 0 Å². The molecule has 0 saturated heterocycles. The molecule has 0 aliphatic rings. The van der Waals surface area contributed by atoms with Crippen LogP contribution in [0.2, 0.25) is 16.6 Å². The highest BCUT2D eigenvalue weighted by Gasteiger charge is 2.38. The summed E-state index contributed by atoms with van der Waals surface area (Å²) in [6.07, 6.45) is 3.18. The minimum Gasteiger partial charge on any atom is -0.400 e. The van der Waals surface area contributed by atoms with Gasteiger partial charge in [0.25, 0.3) is 0 Å². The van der Waals surface area contributed by atoms with E-state index in [1.165, 1.54) is 0 Å². The van der Waals surface area contributed by atoms with E-state index in [1.807, 2.05) is 0 Å². The van der Waals surface area contributed by atoms with Crippen molar-refractivity contribution in [1.29, 1.82) is 0 Å². The second-order valence-electron chi connectivity index (χ2n) is 7.87. The molecule has 0 aliphatic heterocycles. The van der Waals surface area contributed by atoms with Gasteiger partial charge in [-0.3, -0.25) is 0 Å². The lowest BCUT2D eigenvalue weighted by atomic mass is 9.77. The molecule has 0 heterocycles. The second kappa shape index (κ2) is 13.6. The van der Waals surface area contributed by atoms with Crippen LogP contribution in [0, 0.1) is 5.41 Å². The van der Waals surface area contributed by atoms with E-state index in [2.05, 4.69) is 27.7 Å². The zero-order chi connectivity index (χ0) is 20.3. The van der Waals surface area contributed by atoms with Gasteiger partial charge in [-0.15, -0.1) is 0 Å². The fourth-order valence-electron chi connectivity index (χ4n) is 4.55. The van der Waals surface area contributed by atoms with Crippen LogP contribution >= 0.6 is 0 Å². The standard InChI is InChI=1S/C17H42O6Si3/c1-14(24(18-5)19-6)11-17(4,12-15(2)25(20-7)21-8)13-16(3)26(22-9)23-10/h14-16,24-26H,11-13H2,1-10H3.